The molecule has 2 heterocycles. The van der Waals surface area contributed by atoms with Crippen molar-refractivity contribution in [2.45, 2.75) is 51.6 Å². The second-order valence-corrected chi connectivity index (χ2v) is 5.78. The van der Waals surface area contributed by atoms with Crippen molar-refractivity contribution in [2.75, 3.05) is 26.7 Å². The third-order valence-corrected chi connectivity index (χ3v) is 4.31. The zero-order chi connectivity index (χ0) is 11.5. The van der Waals surface area contributed by atoms with E-state index >= 15 is 0 Å². The van der Waals surface area contributed by atoms with Gasteiger partial charge >= 0.3 is 0 Å². The lowest BCUT2D eigenvalue weighted by atomic mass is 9.90. The first-order valence-electron chi connectivity index (χ1n) is 6.88. The Kier molecular flexibility index (Phi) is 4.22. The van der Waals surface area contributed by atoms with E-state index in [1.165, 1.54) is 45.3 Å². The number of nitrogens with zero attached hydrogens (tertiary/aromatic N) is 2. The van der Waals surface area contributed by atoms with E-state index < -0.39 is 0 Å². The molecule has 2 aliphatic heterocycles. The summed E-state index contributed by atoms with van der Waals surface area (Å²) in [5.74, 6) is 0.767. The molecular weight excluding hydrogens is 198 g/mol. The maximum Gasteiger partial charge on any atom is 0.0267 e. The van der Waals surface area contributed by atoms with Crippen LogP contribution >= 0.6 is 0 Å². The van der Waals surface area contributed by atoms with Gasteiger partial charge in [0, 0.05) is 31.7 Å². The number of likely N-dealkylation sites (tertiary alicyclic amines) is 1. The second kappa shape index (κ2) is 5.48. The zero-order valence-electron chi connectivity index (χ0n) is 11.1. The van der Waals surface area contributed by atoms with Crippen molar-refractivity contribution < 1.29 is 0 Å². The summed E-state index contributed by atoms with van der Waals surface area (Å²) in [7, 11) is 2.25. The highest BCUT2D eigenvalue weighted by atomic mass is 15.5. The Morgan fingerprint density at radius 2 is 1.75 bits per heavy atom. The van der Waals surface area contributed by atoms with Crippen LogP contribution in [0.15, 0.2) is 0 Å². The third-order valence-electron chi connectivity index (χ3n) is 4.31. The summed E-state index contributed by atoms with van der Waals surface area (Å²) in [6.45, 7) is 8.44. The number of hydrazine groups is 1. The zero-order valence-corrected chi connectivity index (χ0v) is 11.1. The van der Waals surface area contributed by atoms with Crippen LogP contribution in [0.1, 0.15) is 39.5 Å². The van der Waals surface area contributed by atoms with Crippen LogP contribution in [-0.4, -0.2) is 48.7 Å². The number of nitrogens with one attached hydrogen (secondary N) is 1. The molecule has 2 rings (SSSR count). The van der Waals surface area contributed by atoms with E-state index in [0.717, 1.165) is 12.0 Å². The molecule has 3 unspecified atom stereocenters. The summed E-state index contributed by atoms with van der Waals surface area (Å²) in [6, 6.07) is 1.41. The molecule has 16 heavy (non-hydrogen) atoms. The number of rotatable bonds is 2. The normalized spacial score (nSPS) is 38.8. The van der Waals surface area contributed by atoms with Crippen LogP contribution in [0.2, 0.25) is 0 Å². The van der Waals surface area contributed by atoms with Crippen molar-refractivity contribution in [3.05, 3.63) is 0 Å². The van der Waals surface area contributed by atoms with Gasteiger partial charge in [-0.3, -0.25) is 5.43 Å². The smallest absolute Gasteiger partial charge is 0.0267 e. The minimum atomic E-state index is 0.685. The standard InChI is InChI=1S/C13H27N3/c1-11-10-15(3)12(2)9-13(11)14-16-7-5-4-6-8-16/h11-14H,4-10H2,1-3H3. The molecule has 0 aliphatic carbocycles. The molecule has 94 valence electrons. The first kappa shape index (κ1) is 12.3. The van der Waals surface area contributed by atoms with E-state index in [1.54, 1.807) is 0 Å². The summed E-state index contributed by atoms with van der Waals surface area (Å²) in [4.78, 5) is 2.49. The maximum absolute atomic E-state index is 3.77. The molecule has 2 aliphatic rings. The van der Waals surface area contributed by atoms with Crippen molar-refractivity contribution in [1.29, 1.82) is 0 Å². The average molecular weight is 225 g/mol. The highest BCUT2D eigenvalue weighted by molar-refractivity contribution is 4.85. The summed E-state index contributed by atoms with van der Waals surface area (Å²) in [6.07, 6.45) is 5.43. The largest absolute Gasteiger partial charge is 0.303 e. The van der Waals surface area contributed by atoms with Gasteiger partial charge in [-0.05, 0) is 39.2 Å². The molecule has 3 heteroatoms. The van der Waals surface area contributed by atoms with Gasteiger partial charge in [0.2, 0.25) is 0 Å². The van der Waals surface area contributed by atoms with Crippen LogP contribution in [0, 0.1) is 5.92 Å². The number of piperidine rings is 2. The van der Waals surface area contributed by atoms with Crippen LogP contribution in [0.5, 0.6) is 0 Å². The first-order valence-corrected chi connectivity index (χ1v) is 6.88. The van der Waals surface area contributed by atoms with Gasteiger partial charge in [-0.1, -0.05) is 13.3 Å². The highest BCUT2D eigenvalue weighted by Gasteiger charge is 2.30. The monoisotopic (exact) mass is 225 g/mol. The second-order valence-electron chi connectivity index (χ2n) is 5.78. The highest BCUT2D eigenvalue weighted by Crippen LogP contribution is 2.21. The number of hydrogen-bond acceptors (Lipinski definition) is 3. The van der Waals surface area contributed by atoms with Crippen LogP contribution in [0.25, 0.3) is 0 Å². The van der Waals surface area contributed by atoms with Crippen LogP contribution < -0.4 is 5.43 Å². The lowest BCUT2D eigenvalue weighted by Crippen LogP contribution is -2.56. The van der Waals surface area contributed by atoms with Gasteiger partial charge in [-0.2, -0.15) is 0 Å². The Bertz CT molecular complexity index is 213. The Morgan fingerprint density at radius 1 is 1.06 bits per heavy atom. The fourth-order valence-electron chi connectivity index (χ4n) is 2.98. The average Bonchev–Trinajstić information content (AvgIpc) is 2.27. The van der Waals surface area contributed by atoms with Crippen LogP contribution in [-0.2, 0) is 0 Å². The van der Waals surface area contributed by atoms with Crippen molar-refractivity contribution in [2.24, 2.45) is 5.92 Å². The van der Waals surface area contributed by atoms with Crippen molar-refractivity contribution in [1.82, 2.24) is 15.3 Å². The van der Waals surface area contributed by atoms with Gasteiger partial charge in [-0.25, -0.2) is 5.01 Å². The molecule has 3 atom stereocenters. The summed E-state index contributed by atoms with van der Waals surface area (Å²) < 4.78 is 0. The summed E-state index contributed by atoms with van der Waals surface area (Å²) >= 11 is 0. The number of hydrogen-bond donors (Lipinski definition) is 1. The molecule has 0 spiro atoms. The summed E-state index contributed by atoms with van der Waals surface area (Å²) in [5, 5.41) is 2.46. The van der Waals surface area contributed by atoms with E-state index in [-0.39, 0.29) is 0 Å². The van der Waals surface area contributed by atoms with Gasteiger partial charge < -0.3 is 4.90 Å². The Balaban J connectivity index is 1.83. The van der Waals surface area contributed by atoms with Crippen molar-refractivity contribution in [3.63, 3.8) is 0 Å². The minimum absolute atomic E-state index is 0.685. The van der Waals surface area contributed by atoms with Crippen LogP contribution in [0.4, 0.5) is 0 Å². The quantitative estimate of drug-likeness (QED) is 0.772. The first-order chi connectivity index (χ1) is 7.66. The molecule has 0 bridgehead atoms. The minimum Gasteiger partial charge on any atom is -0.303 e. The molecule has 0 aromatic carbocycles. The van der Waals surface area contributed by atoms with Gasteiger partial charge in [0.1, 0.15) is 0 Å². The Morgan fingerprint density at radius 3 is 2.44 bits per heavy atom. The molecule has 0 saturated carbocycles. The predicted octanol–water partition coefficient (Wildman–Crippen LogP) is 1.71. The van der Waals surface area contributed by atoms with E-state index in [4.69, 9.17) is 0 Å². The third kappa shape index (κ3) is 2.96. The van der Waals surface area contributed by atoms with Gasteiger partial charge in [0.25, 0.3) is 0 Å². The molecular formula is C13H27N3. The maximum atomic E-state index is 3.77. The molecule has 0 radical (unpaired) electrons. The fourth-order valence-corrected chi connectivity index (χ4v) is 2.98. The lowest BCUT2D eigenvalue weighted by Gasteiger charge is -2.42. The molecule has 0 aromatic rings. The molecule has 1 N–H and O–H groups in total. The summed E-state index contributed by atoms with van der Waals surface area (Å²) in [5.41, 5.74) is 3.77. The van der Waals surface area contributed by atoms with Crippen molar-refractivity contribution in [3.8, 4) is 0 Å². The van der Waals surface area contributed by atoms with E-state index in [1.807, 2.05) is 0 Å². The molecule has 0 amide bonds. The Labute approximate surface area is 100 Å². The molecule has 3 nitrogen and oxygen atoms in total. The predicted molar refractivity (Wildman–Crippen MR) is 68.2 cm³/mol. The van der Waals surface area contributed by atoms with E-state index in [9.17, 15) is 0 Å². The van der Waals surface area contributed by atoms with Crippen molar-refractivity contribution >= 4 is 0 Å². The van der Waals surface area contributed by atoms with Gasteiger partial charge in [-0.15, -0.1) is 0 Å². The van der Waals surface area contributed by atoms with Crippen LogP contribution in [0.3, 0.4) is 0 Å². The van der Waals surface area contributed by atoms with Gasteiger partial charge in [0.05, 0.1) is 0 Å². The topological polar surface area (TPSA) is 18.5 Å². The molecule has 0 aromatic heterocycles. The SMILES string of the molecule is CC1CN(C)C(C)CC1NN1CCCCC1. The molecule has 2 saturated heterocycles. The Hall–Kier alpha value is -0.120. The molecule has 2 fully saturated rings. The lowest BCUT2D eigenvalue weighted by molar-refractivity contribution is 0.0520. The van der Waals surface area contributed by atoms with E-state index in [0.29, 0.717) is 6.04 Å². The van der Waals surface area contributed by atoms with E-state index in [2.05, 4.69) is 36.2 Å². The fraction of sp³-hybridized carbons (Fsp3) is 1.00. The van der Waals surface area contributed by atoms with Gasteiger partial charge in [0.15, 0.2) is 0 Å².